The normalized spacial score (nSPS) is 31.3. The minimum absolute atomic E-state index is 0.0628. The fourth-order valence-corrected chi connectivity index (χ4v) is 2.80. The van der Waals surface area contributed by atoms with Gasteiger partial charge in [-0.2, -0.15) is 13.1 Å². The van der Waals surface area contributed by atoms with E-state index in [9.17, 15) is 8.42 Å². The molecule has 2 unspecified atom stereocenters. The van der Waals surface area contributed by atoms with Gasteiger partial charge in [0.2, 0.25) is 0 Å². The predicted molar refractivity (Wildman–Crippen MR) is 59.8 cm³/mol. The zero-order chi connectivity index (χ0) is 11.8. The molecule has 0 spiro atoms. The van der Waals surface area contributed by atoms with Crippen molar-refractivity contribution >= 4 is 16.0 Å². The van der Waals surface area contributed by atoms with Crippen LogP contribution < -0.4 is 10.5 Å². The highest BCUT2D eigenvalue weighted by molar-refractivity contribution is 7.88. The van der Waals surface area contributed by atoms with E-state index in [1.165, 1.54) is 0 Å². The Morgan fingerprint density at radius 3 is 3.06 bits per heavy atom. The molecule has 0 fully saturated rings. The third-order valence-electron chi connectivity index (χ3n) is 2.38. The molecular weight excluding hydrogens is 230 g/mol. The third-order valence-corrected chi connectivity index (χ3v) is 3.41. The first-order valence-electron chi connectivity index (χ1n) is 4.92. The Bertz CT molecular complexity index is 478. The Morgan fingerprint density at radius 1 is 1.62 bits per heavy atom. The van der Waals surface area contributed by atoms with Gasteiger partial charge in [0.25, 0.3) is 0 Å². The van der Waals surface area contributed by atoms with Crippen molar-refractivity contribution in [3.05, 3.63) is 24.0 Å². The minimum Gasteiger partial charge on any atom is -0.497 e. The van der Waals surface area contributed by atoms with Gasteiger partial charge in [-0.1, -0.05) is 12.2 Å². The topological polar surface area (TPSA) is 93.8 Å². The molecule has 0 aromatic rings. The van der Waals surface area contributed by atoms with Gasteiger partial charge in [0.05, 0.1) is 18.6 Å². The largest absolute Gasteiger partial charge is 0.497 e. The molecule has 7 heteroatoms. The summed E-state index contributed by atoms with van der Waals surface area (Å²) in [4.78, 5) is 0. The van der Waals surface area contributed by atoms with E-state index in [1.807, 2.05) is 6.92 Å². The van der Waals surface area contributed by atoms with Crippen molar-refractivity contribution < 1.29 is 13.2 Å². The maximum absolute atomic E-state index is 11.3. The van der Waals surface area contributed by atoms with E-state index in [0.717, 1.165) is 0 Å². The van der Waals surface area contributed by atoms with E-state index >= 15 is 0 Å². The van der Waals surface area contributed by atoms with Crippen LogP contribution in [0.2, 0.25) is 0 Å². The highest BCUT2D eigenvalue weighted by Crippen LogP contribution is 2.26. The Hall–Kier alpha value is -1.34. The van der Waals surface area contributed by atoms with Crippen LogP contribution in [0.1, 0.15) is 6.92 Å². The number of fused-ring (bicyclic) bond motifs is 1. The number of nitrogens with one attached hydrogen (secondary N) is 1. The lowest BCUT2D eigenvalue weighted by atomic mass is 9.92. The van der Waals surface area contributed by atoms with Crippen molar-refractivity contribution in [2.75, 3.05) is 6.61 Å². The zero-order valence-electron chi connectivity index (χ0n) is 8.75. The number of amidine groups is 1. The molecule has 0 radical (unpaired) electrons. The summed E-state index contributed by atoms with van der Waals surface area (Å²) in [6.07, 6.45) is 5.24. The first-order valence-corrected chi connectivity index (χ1v) is 6.36. The third kappa shape index (κ3) is 1.96. The molecule has 0 bridgehead atoms. The summed E-state index contributed by atoms with van der Waals surface area (Å²) < 4.78 is 33.9. The molecule has 0 saturated heterocycles. The molecule has 2 atom stereocenters. The summed E-state index contributed by atoms with van der Waals surface area (Å²) in [6, 6.07) is -0.408. The van der Waals surface area contributed by atoms with Crippen LogP contribution in [0.5, 0.6) is 0 Å². The molecule has 1 aliphatic carbocycles. The molecule has 0 saturated carbocycles. The van der Waals surface area contributed by atoms with E-state index in [1.54, 1.807) is 18.2 Å². The summed E-state index contributed by atoms with van der Waals surface area (Å²) in [7, 11) is -3.66. The van der Waals surface area contributed by atoms with E-state index < -0.39 is 16.3 Å². The first kappa shape index (κ1) is 11.2. The van der Waals surface area contributed by atoms with Gasteiger partial charge in [0.1, 0.15) is 11.6 Å². The van der Waals surface area contributed by atoms with Gasteiger partial charge < -0.3 is 10.5 Å². The van der Waals surface area contributed by atoms with E-state index in [-0.39, 0.29) is 11.8 Å². The summed E-state index contributed by atoms with van der Waals surface area (Å²) in [5.74, 6) is 0.361. The van der Waals surface area contributed by atoms with Gasteiger partial charge in [-0.3, -0.25) is 0 Å². The molecule has 88 valence electrons. The standard InChI is InChI=1S/C9H13N3O3S/c1-2-15-7-5-3-4-6-8(7)9(10)12-16(13,14)11-6/h3-6,8,11H,2H2,1H3,(H2,10,12). The summed E-state index contributed by atoms with van der Waals surface area (Å²) >= 11 is 0. The first-order chi connectivity index (χ1) is 7.53. The highest BCUT2D eigenvalue weighted by atomic mass is 32.2. The van der Waals surface area contributed by atoms with E-state index in [4.69, 9.17) is 10.5 Å². The van der Waals surface area contributed by atoms with Crippen LogP contribution in [-0.4, -0.2) is 26.9 Å². The van der Waals surface area contributed by atoms with Crippen molar-refractivity contribution in [2.24, 2.45) is 16.0 Å². The number of hydrogen-bond acceptors (Lipinski definition) is 4. The van der Waals surface area contributed by atoms with Crippen molar-refractivity contribution in [3.8, 4) is 0 Å². The van der Waals surface area contributed by atoms with E-state index in [0.29, 0.717) is 12.4 Å². The van der Waals surface area contributed by atoms with Crippen molar-refractivity contribution in [2.45, 2.75) is 13.0 Å². The lowest BCUT2D eigenvalue weighted by Crippen LogP contribution is -2.50. The van der Waals surface area contributed by atoms with Crippen molar-refractivity contribution in [1.82, 2.24) is 4.72 Å². The summed E-state index contributed by atoms with van der Waals surface area (Å²) in [5.41, 5.74) is 5.66. The molecule has 1 heterocycles. The summed E-state index contributed by atoms with van der Waals surface area (Å²) in [5, 5.41) is 0. The van der Waals surface area contributed by atoms with Gasteiger partial charge in [-0.25, -0.2) is 0 Å². The second kappa shape index (κ2) is 3.91. The molecule has 0 amide bonds. The fraction of sp³-hybridized carbons (Fsp3) is 0.444. The van der Waals surface area contributed by atoms with Gasteiger partial charge >= 0.3 is 10.2 Å². The molecule has 2 rings (SSSR count). The number of nitrogens with two attached hydrogens (primary N) is 1. The number of allylic oxidation sites excluding steroid dienone is 2. The van der Waals surface area contributed by atoms with Crippen molar-refractivity contribution in [3.63, 3.8) is 0 Å². The second-order valence-electron chi connectivity index (χ2n) is 3.50. The maximum Gasteiger partial charge on any atom is 0.322 e. The van der Waals surface area contributed by atoms with Gasteiger partial charge in [0.15, 0.2) is 0 Å². The fourth-order valence-electron chi connectivity index (χ4n) is 1.80. The summed E-state index contributed by atoms with van der Waals surface area (Å²) in [6.45, 7) is 2.36. The van der Waals surface area contributed by atoms with Crippen LogP contribution in [0, 0.1) is 5.92 Å². The molecule has 2 aliphatic rings. The van der Waals surface area contributed by atoms with Gasteiger partial charge in [-0.05, 0) is 13.0 Å². The average Bonchev–Trinajstić information content (AvgIpc) is 2.15. The van der Waals surface area contributed by atoms with Crippen LogP contribution in [0.4, 0.5) is 0 Å². The Labute approximate surface area is 94.1 Å². The number of ether oxygens (including phenoxy) is 1. The number of rotatable bonds is 2. The minimum atomic E-state index is -3.66. The SMILES string of the molecule is CCOC1=CC=CC2NS(=O)(=O)N=C(N)C12. The van der Waals surface area contributed by atoms with Crippen LogP contribution in [-0.2, 0) is 14.9 Å². The quantitative estimate of drug-likeness (QED) is 0.694. The van der Waals surface area contributed by atoms with Crippen LogP contribution in [0.25, 0.3) is 0 Å². The smallest absolute Gasteiger partial charge is 0.322 e. The Balaban J connectivity index is 2.38. The molecule has 0 aromatic carbocycles. The molecular formula is C9H13N3O3S. The van der Waals surface area contributed by atoms with Crippen LogP contribution in [0.15, 0.2) is 28.4 Å². The van der Waals surface area contributed by atoms with Crippen LogP contribution >= 0.6 is 0 Å². The maximum atomic E-state index is 11.3. The van der Waals surface area contributed by atoms with Crippen LogP contribution in [0.3, 0.4) is 0 Å². The monoisotopic (exact) mass is 243 g/mol. The average molecular weight is 243 g/mol. The number of hydrogen-bond donors (Lipinski definition) is 2. The lowest BCUT2D eigenvalue weighted by Gasteiger charge is -2.31. The molecule has 0 aromatic heterocycles. The predicted octanol–water partition coefficient (Wildman–Crippen LogP) is -0.333. The molecule has 3 N–H and O–H groups in total. The highest BCUT2D eigenvalue weighted by Gasteiger charge is 2.37. The number of nitrogens with zero attached hydrogens (tertiary/aromatic N) is 1. The van der Waals surface area contributed by atoms with Crippen molar-refractivity contribution in [1.29, 1.82) is 0 Å². The zero-order valence-corrected chi connectivity index (χ0v) is 9.57. The van der Waals surface area contributed by atoms with E-state index in [2.05, 4.69) is 9.12 Å². The molecule has 16 heavy (non-hydrogen) atoms. The molecule has 6 nitrogen and oxygen atoms in total. The Kier molecular flexibility index (Phi) is 2.73. The van der Waals surface area contributed by atoms with Gasteiger partial charge in [-0.15, -0.1) is 4.40 Å². The van der Waals surface area contributed by atoms with Gasteiger partial charge in [0, 0.05) is 0 Å². The molecule has 1 aliphatic heterocycles. The Morgan fingerprint density at radius 2 is 2.38 bits per heavy atom. The lowest BCUT2D eigenvalue weighted by molar-refractivity contribution is 0.199. The second-order valence-corrected chi connectivity index (χ2v) is 4.87.